The van der Waals surface area contributed by atoms with Crippen molar-refractivity contribution in [3.05, 3.63) is 53.7 Å². The van der Waals surface area contributed by atoms with Crippen molar-refractivity contribution >= 4 is 52.7 Å². The molecule has 1 aliphatic heterocycles. The number of rotatable bonds is 14. The fraction of sp³-hybridized carbons (Fsp3) is 0.333. The molecule has 0 fully saturated rings. The highest BCUT2D eigenvalue weighted by atomic mass is 32.2. The van der Waals surface area contributed by atoms with Crippen molar-refractivity contribution in [2.24, 2.45) is 32.2 Å². The molecule has 40 heavy (non-hydrogen) atoms. The molecule has 1 amide bonds. The summed E-state index contributed by atoms with van der Waals surface area (Å²) in [5.41, 5.74) is 18.4. The predicted molar refractivity (Wildman–Crippen MR) is 153 cm³/mol. The second-order valence-corrected chi connectivity index (χ2v) is 9.25. The van der Waals surface area contributed by atoms with Gasteiger partial charge in [0.2, 0.25) is 0 Å². The first kappa shape index (κ1) is 31.8. The number of carbonyl (C=O) groups is 3. The number of amides is 1. The molecule has 1 aliphatic rings. The molecular weight excluding hydrogens is 542 g/mol. The van der Waals surface area contributed by atoms with Crippen molar-refractivity contribution in [2.75, 3.05) is 37.4 Å². The highest BCUT2D eigenvalue weighted by Crippen LogP contribution is 2.12. The van der Waals surface area contributed by atoms with E-state index in [1.807, 2.05) is 0 Å². The number of amidine groups is 1. The number of hydrogen-bond donors (Lipinski definition) is 6. The summed E-state index contributed by atoms with van der Waals surface area (Å²) in [5.74, 6) is -2.16. The summed E-state index contributed by atoms with van der Waals surface area (Å²) in [6.45, 7) is 6.91. The molecular formula is C24H33N9O6S. The summed E-state index contributed by atoms with van der Waals surface area (Å²) in [6, 6.07) is 5.15. The van der Waals surface area contributed by atoms with E-state index in [0.29, 0.717) is 11.4 Å². The van der Waals surface area contributed by atoms with Crippen LogP contribution in [0.3, 0.4) is 0 Å². The SMILES string of the molecule is C=C(N)/N=C1/N=CC(CNc2ccc(C(=O)NC(C[S+]([O-])NCC(=O)OCC)C(=O)OCC)cc2)=NC1=C(N)N. The van der Waals surface area contributed by atoms with Crippen LogP contribution >= 0.6 is 0 Å². The summed E-state index contributed by atoms with van der Waals surface area (Å²) in [7, 11) is 0. The third-order valence-corrected chi connectivity index (χ3v) is 5.93. The number of hydrogen-bond acceptors (Lipinski definition) is 13. The molecule has 216 valence electrons. The Labute approximate surface area is 234 Å². The van der Waals surface area contributed by atoms with Gasteiger partial charge in [-0.05, 0) is 38.1 Å². The summed E-state index contributed by atoms with van der Waals surface area (Å²) in [5, 5.41) is 5.65. The zero-order chi connectivity index (χ0) is 29.7. The maximum Gasteiger partial charge on any atom is 0.333 e. The molecule has 1 heterocycles. The van der Waals surface area contributed by atoms with Crippen LogP contribution in [0.1, 0.15) is 24.2 Å². The molecule has 9 N–H and O–H groups in total. The van der Waals surface area contributed by atoms with Gasteiger partial charge in [0.15, 0.2) is 17.6 Å². The van der Waals surface area contributed by atoms with Crippen LogP contribution in [0.5, 0.6) is 0 Å². The molecule has 2 rings (SSSR count). The largest absolute Gasteiger partial charge is 0.598 e. The number of benzene rings is 1. The molecule has 16 heteroatoms. The molecule has 0 spiro atoms. The van der Waals surface area contributed by atoms with Crippen LogP contribution < -0.4 is 32.6 Å². The second kappa shape index (κ2) is 15.9. The van der Waals surface area contributed by atoms with E-state index >= 15 is 0 Å². The minimum absolute atomic E-state index is 0.0271. The lowest BCUT2D eigenvalue weighted by Gasteiger charge is -2.19. The molecule has 15 nitrogen and oxygen atoms in total. The van der Waals surface area contributed by atoms with E-state index in [1.54, 1.807) is 26.0 Å². The molecule has 0 radical (unpaired) electrons. The Bertz CT molecular complexity index is 1210. The Hall–Kier alpha value is -4.41. The lowest BCUT2D eigenvalue weighted by atomic mass is 10.1. The van der Waals surface area contributed by atoms with Gasteiger partial charge in [-0.2, -0.15) is 0 Å². The van der Waals surface area contributed by atoms with Crippen molar-refractivity contribution in [3.63, 3.8) is 0 Å². The molecule has 0 saturated carbocycles. The Morgan fingerprint density at radius 3 is 2.40 bits per heavy atom. The van der Waals surface area contributed by atoms with Gasteiger partial charge in [-0.25, -0.2) is 19.8 Å². The molecule has 2 atom stereocenters. The predicted octanol–water partition coefficient (Wildman–Crippen LogP) is -0.983. The van der Waals surface area contributed by atoms with Crippen LogP contribution in [0.25, 0.3) is 0 Å². The van der Waals surface area contributed by atoms with Crippen LogP contribution in [0.4, 0.5) is 5.69 Å². The van der Waals surface area contributed by atoms with Crippen LogP contribution in [-0.2, 0) is 30.4 Å². The zero-order valence-electron chi connectivity index (χ0n) is 22.1. The highest BCUT2D eigenvalue weighted by Gasteiger charge is 2.29. The second-order valence-electron chi connectivity index (χ2n) is 7.94. The van der Waals surface area contributed by atoms with Crippen molar-refractivity contribution in [1.29, 1.82) is 0 Å². The molecule has 2 unspecified atom stereocenters. The van der Waals surface area contributed by atoms with Gasteiger partial charge in [0, 0.05) is 22.6 Å². The highest BCUT2D eigenvalue weighted by molar-refractivity contribution is 7.89. The monoisotopic (exact) mass is 575 g/mol. The van der Waals surface area contributed by atoms with E-state index in [4.69, 9.17) is 26.7 Å². The lowest BCUT2D eigenvalue weighted by molar-refractivity contribution is -0.144. The molecule has 1 aromatic carbocycles. The van der Waals surface area contributed by atoms with Crippen molar-refractivity contribution < 1.29 is 28.4 Å². The number of nitrogens with two attached hydrogens (primary N) is 3. The number of nitrogens with one attached hydrogen (secondary N) is 3. The van der Waals surface area contributed by atoms with Crippen LogP contribution in [-0.4, -0.2) is 78.3 Å². The van der Waals surface area contributed by atoms with Crippen molar-refractivity contribution in [3.8, 4) is 0 Å². The van der Waals surface area contributed by atoms with Gasteiger partial charge in [-0.3, -0.25) is 9.59 Å². The molecule has 0 bridgehead atoms. The first-order chi connectivity index (χ1) is 19.0. The molecule has 0 aliphatic carbocycles. The lowest BCUT2D eigenvalue weighted by Crippen LogP contribution is -2.48. The topological polar surface area (TPSA) is 244 Å². The number of anilines is 1. The summed E-state index contributed by atoms with van der Waals surface area (Å²) >= 11 is -1.83. The Balaban J connectivity index is 2.00. The Morgan fingerprint density at radius 1 is 1.12 bits per heavy atom. The van der Waals surface area contributed by atoms with E-state index in [-0.39, 0.29) is 60.8 Å². The third kappa shape index (κ3) is 10.4. The number of esters is 2. The fourth-order valence-corrected chi connectivity index (χ4v) is 3.98. The number of aliphatic imine (C=N–C) groups is 3. The van der Waals surface area contributed by atoms with Crippen molar-refractivity contribution in [1.82, 2.24) is 10.0 Å². The minimum Gasteiger partial charge on any atom is -0.598 e. The third-order valence-electron chi connectivity index (χ3n) is 4.82. The maximum atomic E-state index is 12.8. The first-order valence-electron chi connectivity index (χ1n) is 12.0. The fourth-order valence-electron chi connectivity index (χ4n) is 3.06. The first-order valence-corrected chi connectivity index (χ1v) is 13.3. The van der Waals surface area contributed by atoms with Gasteiger partial charge in [-0.15, -0.1) is 4.72 Å². The Morgan fingerprint density at radius 2 is 1.80 bits per heavy atom. The quantitative estimate of drug-likeness (QED) is 0.116. The van der Waals surface area contributed by atoms with Gasteiger partial charge < -0.3 is 41.9 Å². The van der Waals surface area contributed by atoms with Gasteiger partial charge >= 0.3 is 11.9 Å². The van der Waals surface area contributed by atoms with Gasteiger partial charge in [0.05, 0.1) is 31.7 Å². The normalized spacial score (nSPS) is 15.0. The van der Waals surface area contributed by atoms with Gasteiger partial charge in [0.25, 0.3) is 5.91 Å². The van der Waals surface area contributed by atoms with E-state index in [9.17, 15) is 18.9 Å². The zero-order valence-corrected chi connectivity index (χ0v) is 23.0. The Kier molecular flexibility index (Phi) is 12.6. The number of nitrogens with zero attached hydrogens (tertiary/aromatic N) is 3. The summed E-state index contributed by atoms with van der Waals surface area (Å²) in [4.78, 5) is 49.1. The van der Waals surface area contributed by atoms with Crippen LogP contribution in [0.15, 0.2) is 63.2 Å². The van der Waals surface area contributed by atoms with Gasteiger partial charge in [-0.1, -0.05) is 6.58 Å². The van der Waals surface area contributed by atoms with E-state index < -0.39 is 35.2 Å². The van der Waals surface area contributed by atoms with Gasteiger partial charge in [0.1, 0.15) is 23.9 Å². The number of ether oxygens (including phenoxy) is 2. The smallest absolute Gasteiger partial charge is 0.333 e. The molecule has 1 aromatic rings. The average Bonchev–Trinajstić information content (AvgIpc) is 2.91. The summed E-state index contributed by atoms with van der Waals surface area (Å²) in [6.07, 6.45) is 1.48. The average molecular weight is 576 g/mol. The van der Waals surface area contributed by atoms with E-state index in [1.165, 1.54) is 18.3 Å². The maximum absolute atomic E-state index is 12.8. The number of carbonyl (C=O) groups excluding carboxylic acids is 3. The van der Waals surface area contributed by atoms with E-state index in [0.717, 1.165) is 0 Å². The summed E-state index contributed by atoms with van der Waals surface area (Å²) < 4.78 is 24.5. The van der Waals surface area contributed by atoms with Crippen LogP contribution in [0.2, 0.25) is 0 Å². The minimum atomic E-state index is -1.83. The molecule has 0 saturated heterocycles. The molecule has 0 aromatic heterocycles. The standard InChI is InChI=1S/C24H33N9O6S/c1-4-38-19(34)12-30-40(37)13-18(24(36)39-5-2)33-23(35)15-6-8-16(9-7-15)28-10-17-11-29-22(31-14(3)25)20(32-17)21(26)27/h6-9,11,18,28,30H,3-5,10,12-13,25-27H2,1-2H3,(H,33,35)/b31-22+. The van der Waals surface area contributed by atoms with Crippen molar-refractivity contribution in [2.45, 2.75) is 19.9 Å². The van der Waals surface area contributed by atoms with Crippen LogP contribution in [0, 0.1) is 0 Å². The van der Waals surface area contributed by atoms with E-state index in [2.05, 4.69) is 36.9 Å².